The van der Waals surface area contributed by atoms with E-state index in [1.165, 1.54) is 11.3 Å². The molecule has 1 aliphatic heterocycles. The van der Waals surface area contributed by atoms with Crippen LogP contribution in [0.25, 0.3) is 10.7 Å². The second-order valence-electron chi connectivity index (χ2n) is 6.82. The molecule has 0 spiro atoms. The van der Waals surface area contributed by atoms with Crippen LogP contribution in [-0.2, 0) is 23.5 Å². The number of benzene rings is 1. The van der Waals surface area contributed by atoms with E-state index in [1.54, 1.807) is 10.4 Å². The summed E-state index contributed by atoms with van der Waals surface area (Å²) in [5, 5.41) is 2.81. The highest BCUT2D eigenvalue weighted by Gasteiger charge is 2.37. The van der Waals surface area contributed by atoms with Gasteiger partial charge in [0.2, 0.25) is 0 Å². The normalized spacial score (nSPS) is 16.9. The lowest BCUT2D eigenvalue weighted by Gasteiger charge is -2.24. The van der Waals surface area contributed by atoms with Crippen molar-refractivity contribution in [3.63, 3.8) is 0 Å². The SMILES string of the molecule is Cc1csc(-c2cc(S(=O)(=O)N3c4ccccc4C[C@H]3C)c(C)n2C)n1. The Kier molecular flexibility index (Phi) is 3.96. The fourth-order valence-electron chi connectivity index (χ4n) is 3.62. The molecule has 0 amide bonds. The molecule has 7 heteroatoms. The molecule has 0 aliphatic carbocycles. The molecule has 0 saturated carbocycles. The topological polar surface area (TPSA) is 55.2 Å². The molecule has 0 bridgehead atoms. The van der Waals surface area contributed by atoms with Crippen molar-refractivity contribution >= 4 is 27.0 Å². The van der Waals surface area contributed by atoms with Crippen LogP contribution in [0.1, 0.15) is 23.9 Å². The lowest BCUT2D eigenvalue weighted by atomic mass is 10.1. The van der Waals surface area contributed by atoms with E-state index >= 15 is 0 Å². The summed E-state index contributed by atoms with van der Waals surface area (Å²) in [4.78, 5) is 4.87. The molecule has 1 atom stereocenters. The number of sulfonamides is 1. The highest BCUT2D eigenvalue weighted by atomic mass is 32.2. The molecule has 1 aliphatic rings. The first-order chi connectivity index (χ1) is 12.3. The van der Waals surface area contributed by atoms with Gasteiger partial charge in [0.25, 0.3) is 10.0 Å². The van der Waals surface area contributed by atoms with Crippen LogP contribution in [0.3, 0.4) is 0 Å². The summed E-state index contributed by atoms with van der Waals surface area (Å²) < 4.78 is 30.5. The number of hydrogen-bond acceptors (Lipinski definition) is 4. The molecule has 2 aromatic heterocycles. The minimum atomic E-state index is -3.65. The first-order valence-corrected chi connectivity index (χ1v) is 10.8. The molecule has 0 N–H and O–H groups in total. The molecule has 0 unspecified atom stereocenters. The summed E-state index contributed by atoms with van der Waals surface area (Å²) >= 11 is 1.53. The Bertz CT molecular complexity index is 1100. The van der Waals surface area contributed by atoms with Crippen molar-refractivity contribution < 1.29 is 8.42 Å². The first-order valence-electron chi connectivity index (χ1n) is 8.52. The Morgan fingerprint density at radius 2 is 1.96 bits per heavy atom. The first kappa shape index (κ1) is 17.3. The number of rotatable bonds is 3. The van der Waals surface area contributed by atoms with Gasteiger partial charge in [-0.15, -0.1) is 11.3 Å². The second kappa shape index (κ2) is 5.96. The van der Waals surface area contributed by atoms with Crippen LogP contribution in [0.15, 0.2) is 40.6 Å². The summed E-state index contributed by atoms with van der Waals surface area (Å²) in [6, 6.07) is 9.40. The molecule has 0 saturated heterocycles. The van der Waals surface area contributed by atoms with Gasteiger partial charge in [-0.1, -0.05) is 18.2 Å². The average molecular weight is 388 g/mol. The Balaban J connectivity index is 1.85. The van der Waals surface area contributed by atoms with E-state index in [4.69, 9.17) is 0 Å². The Morgan fingerprint density at radius 1 is 1.23 bits per heavy atom. The molecule has 5 nitrogen and oxygen atoms in total. The lowest BCUT2D eigenvalue weighted by molar-refractivity contribution is 0.583. The standard InChI is InChI=1S/C19H21N3O2S2/c1-12-11-25-19(20-12)17-10-18(14(3)21(17)4)26(23,24)22-13(2)9-15-7-5-6-8-16(15)22/h5-8,10-11,13H,9H2,1-4H3/t13-/m1/s1. The predicted molar refractivity (Wildman–Crippen MR) is 105 cm³/mol. The van der Waals surface area contributed by atoms with Gasteiger partial charge in [0, 0.05) is 29.9 Å². The van der Waals surface area contributed by atoms with E-state index in [0.29, 0.717) is 4.90 Å². The van der Waals surface area contributed by atoms with E-state index in [2.05, 4.69) is 4.98 Å². The zero-order valence-corrected chi connectivity index (χ0v) is 16.9. The van der Waals surface area contributed by atoms with Crippen LogP contribution in [0.4, 0.5) is 5.69 Å². The van der Waals surface area contributed by atoms with Crippen LogP contribution >= 0.6 is 11.3 Å². The number of thiazole rings is 1. The quantitative estimate of drug-likeness (QED) is 0.685. The third-order valence-corrected chi connectivity index (χ3v) is 8.03. The maximum atomic E-state index is 13.5. The maximum Gasteiger partial charge on any atom is 0.266 e. The van der Waals surface area contributed by atoms with Crippen molar-refractivity contribution in [1.82, 2.24) is 9.55 Å². The van der Waals surface area contributed by atoms with Crippen LogP contribution in [0, 0.1) is 13.8 Å². The van der Waals surface area contributed by atoms with Crippen molar-refractivity contribution in [2.24, 2.45) is 7.05 Å². The number of para-hydroxylation sites is 1. The number of hydrogen-bond donors (Lipinski definition) is 0. The Labute approximate surface area is 158 Å². The summed E-state index contributed by atoms with van der Waals surface area (Å²) in [5.74, 6) is 0. The highest BCUT2D eigenvalue weighted by molar-refractivity contribution is 7.93. The van der Waals surface area contributed by atoms with Gasteiger partial charge < -0.3 is 4.57 Å². The zero-order chi connectivity index (χ0) is 18.6. The third kappa shape index (κ3) is 2.49. The van der Waals surface area contributed by atoms with Crippen molar-refractivity contribution in [2.75, 3.05) is 4.31 Å². The zero-order valence-electron chi connectivity index (χ0n) is 15.2. The minimum Gasteiger partial charge on any atom is -0.345 e. The molecular formula is C19H21N3O2S2. The fourth-order valence-corrected chi connectivity index (χ4v) is 6.44. The molecule has 136 valence electrons. The van der Waals surface area contributed by atoms with Gasteiger partial charge in [-0.3, -0.25) is 4.31 Å². The van der Waals surface area contributed by atoms with E-state index in [-0.39, 0.29) is 6.04 Å². The number of anilines is 1. The van der Waals surface area contributed by atoms with Gasteiger partial charge in [-0.05, 0) is 44.9 Å². The van der Waals surface area contributed by atoms with Crippen molar-refractivity contribution in [1.29, 1.82) is 0 Å². The fraction of sp³-hybridized carbons (Fsp3) is 0.316. The number of nitrogens with zero attached hydrogens (tertiary/aromatic N) is 3. The van der Waals surface area contributed by atoms with Crippen LogP contribution in [-0.4, -0.2) is 24.0 Å². The van der Waals surface area contributed by atoms with Crippen LogP contribution in [0.2, 0.25) is 0 Å². The second-order valence-corrected chi connectivity index (χ2v) is 9.46. The lowest BCUT2D eigenvalue weighted by Crippen LogP contribution is -2.35. The molecule has 0 radical (unpaired) electrons. The summed E-state index contributed by atoms with van der Waals surface area (Å²) in [7, 11) is -1.75. The molecule has 4 rings (SSSR count). The number of aryl methyl sites for hydroxylation is 1. The van der Waals surface area contributed by atoms with E-state index in [1.807, 2.05) is 62.0 Å². The van der Waals surface area contributed by atoms with E-state index in [0.717, 1.165) is 39.8 Å². The van der Waals surface area contributed by atoms with Crippen LogP contribution in [0.5, 0.6) is 0 Å². The molecular weight excluding hydrogens is 366 g/mol. The van der Waals surface area contributed by atoms with Gasteiger partial charge in [0.15, 0.2) is 0 Å². The van der Waals surface area contributed by atoms with Gasteiger partial charge in [0.1, 0.15) is 9.90 Å². The van der Waals surface area contributed by atoms with E-state index < -0.39 is 10.0 Å². The Morgan fingerprint density at radius 3 is 2.65 bits per heavy atom. The van der Waals surface area contributed by atoms with Crippen molar-refractivity contribution in [3.05, 3.63) is 52.7 Å². The largest absolute Gasteiger partial charge is 0.345 e. The monoisotopic (exact) mass is 387 g/mol. The predicted octanol–water partition coefficient (Wildman–Crippen LogP) is 3.91. The molecule has 3 heterocycles. The van der Waals surface area contributed by atoms with Gasteiger partial charge >= 0.3 is 0 Å². The summed E-state index contributed by atoms with van der Waals surface area (Å²) in [5.41, 5.74) is 4.36. The molecule has 1 aromatic carbocycles. The molecule has 0 fully saturated rings. The number of fused-ring (bicyclic) bond motifs is 1. The molecule has 26 heavy (non-hydrogen) atoms. The maximum absolute atomic E-state index is 13.5. The van der Waals surface area contributed by atoms with Gasteiger partial charge in [0.05, 0.1) is 11.4 Å². The van der Waals surface area contributed by atoms with Crippen molar-refractivity contribution in [3.8, 4) is 10.7 Å². The average Bonchev–Trinajstić information content (AvgIpc) is 3.24. The van der Waals surface area contributed by atoms with E-state index in [9.17, 15) is 8.42 Å². The van der Waals surface area contributed by atoms with Gasteiger partial charge in [-0.25, -0.2) is 13.4 Å². The van der Waals surface area contributed by atoms with Crippen LogP contribution < -0.4 is 4.31 Å². The van der Waals surface area contributed by atoms with Gasteiger partial charge in [-0.2, -0.15) is 0 Å². The summed E-state index contributed by atoms with van der Waals surface area (Å²) in [6.07, 6.45) is 0.736. The number of aromatic nitrogens is 2. The molecule has 3 aromatic rings. The highest BCUT2D eigenvalue weighted by Crippen LogP contribution is 2.39. The smallest absolute Gasteiger partial charge is 0.266 e. The minimum absolute atomic E-state index is 0.0948. The van der Waals surface area contributed by atoms with Crippen molar-refractivity contribution in [2.45, 2.75) is 38.1 Å². The Hall–Kier alpha value is -2.12. The third-order valence-electron chi connectivity index (χ3n) is 5.01. The summed E-state index contributed by atoms with van der Waals surface area (Å²) in [6.45, 7) is 5.75.